The number of ether oxygens (including phenoxy) is 1. The summed E-state index contributed by atoms with van der Waals surface area (Å²) in [5.41, 5.74) is 1.89. The van der Waals surface area contributed by atoms with Gasteiger partial charge in [0.15, 0.2) is 0 Å². The Morgan fingerprint density at radius 2 is 1.78 bits per heavy atom. The molecule has 0 saturated carbocycles. The molecule has 5 heteroatoms. The molecule has 0 unspecified atom stereocenters. The third-order valence-corrected chi connectivity index (χ3v) is 4.60. The lowest BCUT2D eigenvalue weighted by Gasteiger charge is -2.25. The number of rotatable bonds is 6. The number of anilines is 1. The Hall–Kier alpha value is -3.05. The number of hydrogen-bond donors (Lipinski definition) is 2. The van der Waals surface area contributed by atoms with E-state index in [0.29, 0.717) is 6.54 Å². The Kier molecular flexibility index (Phi) is 5.94. The number of nitrogens with zero attached hydrogens (tertiary/aromatic N) is 1. The molecule has 0 aliphatic heterocycles. The van der Waals surface area contributed by atoms with Crippen molar-refractivity contribution in [3.63, 3.8) is 0 Å². The average molecular weight is 363 g/mol. The van der Waals surface area contributed by atoms with E-state index in [2.05, 4.69) is 15.5 Å². The fourth-order valence-electron chi connectivity index (χ4n) is 3.14. The molecule has 2 N–H and O–H groups in total. The van der Waals surface area contributed by atoms with Crippen molar-refractivity contribution in [1.82, 2.24) is 10.2 Å². The highest BCUT2D eigenvalue weighted by Crippen LogP contribution is 2.24. The number of likely N-dealkylation sites (N-methyl/N-ethyl adjacent to an activating group) is 1. The first-order valence-corrected chi connectivity index (χ1v) is 8.91. The zero-order valence-electron chi connectivity index (χ0n) is 15.9. The van der Waals surface area contributed by atoms with Gasteiger partial charge in [0, 0.05) is 11.9 Å². The molecular formula is C22H25N3O2. The number of carbonyl (C=O) groups excluding carboxylic acids is 1. The van der Waals surface area contributed by atoms with Crippen LogP contribution in [0.4, 0.5) is 10.5 Å². The summed E-state index contributed by atoms with van der Waals surface area (Å²) in [4.78, 5) is 14.5. The van der Waals surface area contributed by atoms with Crippen molar-refractivity contribution < 1.29 is 9.53 Å². The number of hydrogen-bond acceptors (Lipinski definition) is 3. The minimum atomic E-state index is -0.221. The second-order valence-electron chi connectivity index (χ2n) is 6.62. The van der Waals surface area contributed by atoms with Gasteiger partial charge in [-0.25, -0.2) is 4.79 Å². The maximum absolute atomic E-state index is 12.5. The Labute approximate surface area is 159 Å². The highest BCUT2D eigenvalue weighted by molar-refractivity contribution is 6.01. The van der Waals surface area contributed by atoms with Gasteiger partial charge < -0.3 is 20.3 Å². The smallest absolute Gasteiger partial charge is 0.319 e. The Morgan fingerprint density at radius 1 is 1.04 bits per heavy atom. The quantitative estimate of drug-likeness (QED) is 0.687. The number of carbonyl (C=O) groups is 1. The van der Waals surface area contributed by atoms with Gasteiger partial charge in [0.25, 0.3) is 0 Å². The van der Waals surface area contributed by atoms with Crippen molar-refractivity contribution in [3.8, 4) is 5.75 Å². The van der Waals surface area contributed by atoms with Crippen molar-refractivity contribution in [2.45, 2.75) is 6.04 Å². The van der Waals surface area contributed by atoms with Crippen LogP contribution in [0, 0.1) is 0 Å². The number of benzene rings is 3. The van der Waals surface area contributed by atoms with Crippen molar-refractivity contribution in [1.29, 1.82) is 0 Å². The molecule has 0 aliphatic rings. The van der Waals surface area contributed by atoms with E-state index in [4.69, 9.17) is 4.74 Å². The molecule has 0 aliphatic carbocycles. The molecule has 0 fully saturated rings. The molecule has 3 aromatic rings. The summed E-state index contributed by atoms with van der Waals surface area (Å²) in [6.45, 7) is 0.483. The van der Waals surface area contributed by atoms with Gasteiger partial charge in [-0.05, 0) is 43.2 Å². The van der Waals surface area contributed by atoms with Gasteiger partial charge in [-0.1, -0.05) is 48.5 Å². The molecule has 27 heavy (non-hydrogen) atoms. The second-order valence-corrected chi connectivity index (χ2v) is 6.62. The predicted molar refractivity (Wildman–Crippen MR) is 110 cm³/mol. The van der Waals surface area contributed by atoms with Gasteiger partial charge in [0.2, 0.25) is 0 Å². The lowest BCUT2D eigenvalue weighted by atomic mass is 10.1. The summed E-state index contributed by atoms with van der Waals surface area (Å²) in [5, 5.41) is 8.06. The standard InChI is InChI=1S/C22H25N3O2/c1-25(2)21(17-10-6-11-18(14-17)27-3)15-23-22(26)24-20-13-7-9-16-8-4-5-12-19(16)20/h4-14,21H,15H2,1-3H3,(H2,23,24,26)/t21-/m0/s1. The first-order valence-electron chi connectivity index (χ1n) is 8.91. The SMILES string of the molecule is COc1cccc([C@H](CNC(=O)Nc2cccc3ccccc23)N(C)C)c1. The number of urea groups is 1. The molecule has 2 amide bonds. The Balaban J connectivity index is 1.69. The van der Waals surface area contributed by atoms with E-state index in [0.717, 1.165) is 27.8 Å². The summed E-state index contributed by atoms with van der Waals surface area (Å²) < 4.78 is 5.31. The molecule has 140 valence electrons. The molecule has 0 aromatic heterocycles. The third kappa shape index (κ3) is 4.57. The lowest BCUT2D eigenvalue weighted by Crippen LogP contribution is -2.36. The van der Waals surface area contributed by atoms with Crippen LogP contribution in [0.15, 0.2) is 66.7 Å². The van der Waals surface area contributed by atoms with Crippen LogP contribution in [0.1, 0.15) is 11.6 Å². The van der Waals surface area contributed by atoms with E-state index in [1.165, 1.54) is 0 Å². The van der Waals surface area contributed by atoms with Crippen LogP contribution in [0.25, 0.3) is 10.8 Å². The summed E-state index contributed by atoms with van der Waals surface area (Å²) in [6.07, 6.45) is 0. The van der Waals surface area contributed by atoms with E-state index in [-0.39, 0.29) is 12.1 Å². The molecule has 0 spiro atoms. The fourth-order valence-corrected chi connectivity index (χ4v) is 3.14. The van der Waals surface area contributed by atoms with Gasteiger partial charge in [-0.15, -0.1) is 0 Å². The van der Waals surface area contributed by atoms with Gasteiger partial charge in [0.05, 0.1) is 18.8 Å². The Bertz CT molecular complexity index is 919. The summed E-state index contributed by atoms with van der Waals surface area (Å²) in [6, 6.07) is 21.6. The normalized spacial score (nSPS) is 12.0. The highest BCUT2D eigenvalue weighted by Gasteiger charge is 2.16. The van der Waals surface area contributed by atoms with Crippen molar-refractivity contribution >= 4 is 22.5 Å². The summed E-state index contributed by atoms with van der Waals surface area (Å²) in [5.74, 6) is 0.805. The number of methoxy groups -OCH3 is 1. The van der Waals surface area contributed by atoms with Crippen LogP contribution in [0.5, 0.6) is 5.75 Å². The molecule has 3 aromatic carbocycles. The van der Waals surface area contributed by atoms with Crippen LogP contribution < -0.4 is 15.4 Å². The molecular weight excluding hydrogens is 338 g/mol. The number of fused-ring (bicyclic) bond motifs is 1. The first kappa shape index (κ1) is 18.7. The molecule has 3 rings (SSSR count). The molecule has 0 heterocycles. The van der Waals surface area contributed by atoms with E-state index >= 15 is 0 Å². The summed E-state index contributed by atoms with van der Waals surface area (Å²) in [7, 11) is 5.64. The predicted octanol–water partition coefficient (Wildman–Crippen LogP) is 4.27. The van der Waals surface area contributed by atoms with Gasteiger partial charge >= 0.3 is 6.03 Å². The van der Waals surface area contributed by atoms with E-state index in [1.54, 1.807) is 7.11 Å². The van der Waals surface area contributed by atoms with E-state index in [9.17, 15) is 4.79 Å². The minimum Gasteiger partial charge on any atom is -0.497 e. The molecule has 5 nitrogen and oxygen atoms in total. The van der Waals surface area contributed by atoms with Gasteiger partial charge in [-0.2, -0.15) is 0 Å². The maximum Gasteiger partial charge on any atom is 0.319 e. The minimum absolute atomic E-state index is 0.0402. The lowest BCUT2D eigenvalue weighted by molar-refractivity contribution is 0.243. The molecule has 0 bridgehead atoms. The topological polar surface area (TPSA) is 53.6 Å². The highest BCUT2D eigenvalue weighted by atomic mass is 16.5. The zero-order chi connectivity index (χ0) is 19.2. The summed E-state index contributed by atoms with van der Waals surface area (Å²) >= 11 is 0. The van der Waals surface area contributed by atoms with Crippen LogP contribution in [-0.4, -0.2) is 38.7 Å². The van der Waals surface area contributed by atoms with E-state index in [1.807, 2.05) is 80.8 Å². The second kappa shape index (κ2) is 8.56. The number of amides is 2. The largest absolute Gasteiger partial charge is 0.497 e. The average Bonchev–Trinajstić information content (AvgIpc) is 2.68. The van der Waals surface area contributed by atoms with Crippen molar-refractivity contribution in [2.24, 2.45) is 0 Å². The number of nitrogens with one attached hydrogen (secondary N) is 2. The monoisotopic (exact) mass is 363 g/mol. The van der Waals surface area contributed by atoms with Crippen LogP contribution in [-0.2, 0) is 0 Å². The molecule has 0 saturated heterocycles. The van der Waals surface area contributed by atoms with E-state index < -0.39 is 0 Å². The molecule has 1 atom stereocenters. The van der Waals surface area contributed by atoms with Crippen LogP contribution in [0.2, 0.25) is 0 Å². The van der Waals surface area contributed by atoms with Crippen molar-refractivity contribution in [2.75, 3.05) is 33.1 Å². The zero-order valence-corrected chi connectivity index (χ0v) is 15.9. The Morgan fingerprint density at radius 3 is 2.56 bits per heavy atom. The molecule has 0 radical (unpaired) electrons. The maximum atomic E-state index is 12.5. The van der Waals surface area contributed by atoms with Crippen LogP contribution >= 0.6 is 0 Å². The van der Waals surface area contributed by atoms with Gasteiger partial charge in [0.1, 0.15) is 5.75 Å². The van der Waals surface area contributed by atoms with Crippen molar-refractivity contribution in [3.05, 3.63) is 72.3 Å². The van der Waals surface area contributed by atoms with Gasteiger partial charge in [-0.3, -0.25) is 0 Å². The third-order valence-electron chi connectivity index (χ3n) is 4.60. The first-order chi connectivity index (χ1) is 13.1. The van der Waals surface area contributed by atoms with Crippen LogP contribution in [0.3, 0.4) is 0 Å². The fraction of sp³-hybridized carbons (Fsp3) is 0.227.